The van der Waals surface area contributed by atoms with E-state index in [-0.39, 0.29) is 5.69 Å². The largest absolute Gasteiger partial charge is 0.350 e. The minimum Gasteiger partial charge on any atom is -0.350 e. The van der Waals surface area contributed by atoms with Crippen LogP contribution in [-0.4, -0.2) is 17.0 Å². The van der Waals surface area contributed by atoms with Crippen LogP contribution >= 0.6 is 11.6 Å². The second kappa shape index (κ2) is 5.67. The van der Waals surface area contributed by atoms with Crippen LogP contribution in [0.3, 0.4) is 0 Å². The van der Waals surface area contributed by atoms with E-state index >= 15 is 0 Å². The number of nitrogens with zero attached hydrogens (tertiary/aromatic N) is 3. The van der Waals surface area contributed by atoms with Gasteiger partial charge in [0.25, 0.3) is 0 Å². The fourth-order valence-electron chi connectivity index (χ4n) is 1.81. The van der Waals surface area contributed by atoms with Gasteiger partial charge in [-0.05, 0) is 23.8 Å². The maximum absolute atomic E-state index is 11.0. The predicted octanol–water partition coefficient (Wildman–Crippen LogP) is 3.28. The lowest BCUT2D eigenvalue weighted by Crippen LogP contribution is -2.18. The average molecular weight is 278 g/mol. The summed E-state index contributed by atoms with van der Waals surface area (Å²) in [7, 11) is 1.76. The lowest BCUT2D eigenvalue weighted by Gasteiger charge is -2.17. The van der Waals surface area contributed by atoms with E-state index in [1.54, 1.807) is 24.1 Å². The number of anilines is 1. The summed E-state index contributed by atoms with van der Waals surface area (Å²) in [5.74, 6) is 0.340. The summed E-state index contributed by atoms with van der Waals surface area (Å²) in [6, 6.07) is 10.4. The van der Waals surface area contributed by atoms with Crippen molar-refractivity contribution in [1.29, 1.82) is 0 Å². The van der Waals surface area contributed by atoms with Crippen LogP contribution in [0.4, 0.5) is 11.5 Å². The van der Waals surface area contributed by atoms with E-state index < -0.39 is 4.92 Å². The molecule has 1 aromatic heterocycles. The fourth-order valence-corrected chi connectivity index (χ4v) is 2.02. The van der Waals surface area contributed by atoms with Crippen LogP contribution in [0.2, 0.25) is 5.02 Å². The van der Waals surface area contributed by atoms with Gasteiger partial charge in [0.2, 0.25) is 5.82 Å². The molecule has 2 rings (SSSR count). The van der Waals surface area contributed by atoms with Crippen molar-refractivity contribution in [2.45, 2.75) is 6.54 Å². The molecule has 0 N–H and O–H groups in total. The number of benzene rings is 1. The van der Waals surface area contributed by atoms with Gasteiger partial charge in [-0.1, -0.05) is 23.7 Å². The Kier molecular flexibility index (Phi) is 3.97. The van der Waals surface area contributed by atoms with E-state index in [2.05, 4.69) is 4.98 Å². The van der Waals surface area contributed by atoms with Crippen molar-refractivity contribution in [3.8, 4) is 0 Å². The van der Waals surface area contributed by atoms with Crippen molar-refractivity contribution in [3.05, 3.63) is 63.3 Å². The molecule has 0 bridgehead atoms. The highest BCUT2D eigenvalue weighted by Crippen LogP contribution is 2.25. The third-order valence-electron chi connectivity index (χ3n) is 2.63. The quantitative estimate of drug-likeness (QED) is 0.636. The van der Waals surface area contributed by atoms with Crippen LogP contribution in [-0.2, 0) is 6.54 Å². The number of rotatable bonds is 4. The van der Waals surface area contributed by atoms with Gasteiger partial charge in [-0.25, -0.2) is 4.98 Å². The molecule has 5 nitrogen and oxygen atoms in total. The normalized spacial score (nSPS) is 10.2. The van der Waals surface area contributed by atoms with Crippen LogP contribution in [0.1, 0.15) is 5.56 Å². The number of halogens is 1. The van der Waals surface area contributed by atoms with Crippen LogP contribution in [0.15, 0.2) is 42.6 Å². The molecule has 0 spiro atoms. The summed E-state index contributed by atoms with van der Waals surface area (Å²) in [5.41, 5.74) is 0.960. The minimum absolute atomic E-state index is 0.00738. The van der Waals surface area contributed by atoms with Crippen molar-refractivity contribution in [2.24, 2.45) is 0 Å². The first-order chi connectivity index (χ1) is 9.08. The number of hydrogen-bond acceptors (Lipinski definition) is 4. The molecule has 19 heavy (non-hydrogen) atoms. The van der Waals surface area contributed by atoms with Crippen molar-refractivity contribution in [3.63, 3.8) is 0 Å². The van der Waals surface area contributed by atoms with E-state index in [1.165, 1.54) is 12.3 Å². The highest BCUT2D eigenvalue weighted by atomic mass is 35.5. The van der Waals surface area contributed by atoms with Gasteiger partial charge < -0.3 is 4.90 Å². The van der Waals surface area contributed by atoms with Gasteiger partial charge in [-0.2, -0.15) is 0 Å². The molecule has 0 aliphatic rings. The molecule has 0 unspecified atom stereocenters. The predicted molar refractivity (Wildman–Crippen MR) is 74.5 cm³/mol. The van der Waals surface area contributed by atoms with E-state index in [0.29, 0.717) is 17.4 Å². The molecule has 0 aliphatic heterocycles. The standard InChI is InChI=1S/C13H12ClN3O2/c1-16(9-10-4-2-5-11(14)8-10)13-12(17(18)19)6-3-7-15-13/h2-8H,9H2,1H3. The molecule has 2 aromatic rings. The maximum atomic E-state index is 11.0. The highest BCUT2D eigenvalue weighted by Gasteiger charge is 2.17. The lowest BCUT2D eigenvalue weighted by molar-refractivity contribution is -0.384. The zero-order chi connectivity index (χ0) is 13.8. The van der Waals surface area contributed by atoms with Gasteiger partial charge in [-0.3, -0.25) is 10.1 Å². The third kappa shape index (κ3) is 3.20. The van der Waals surface area contributed by atoms with Crippen LogP contribution in [0, 0.1) is 10.1 Å². The Morgan fingerprint density at radius 1 is 1.37 bits per heavy atom. The Morgan fingerprint density at radius 3 is 2.84 bits per heavy atom. The molecule has 0 saturated heterocycles. The molecule has 1 heterocycles. The average Bonchev–Trinajstić information content (AvgIpc) is 2.38. The second-order valence-corrected chi connectivity index (χ2v) is 4.53. The third-order valence-corrected chi connectivity index (χ3v) is 2.87. The van der Waals surface area contributed by atoms with Crippen molar-refractivity contribution < 1.29 is 4.92 Å². The first-order valence-corrected chi connectivity index (χ1v) is 6.00. The smallest absolute Gasteiger partial charge is 0.311 e. The maximum Gasteiger partial charge on any atom is 0.311 e. The lowest BCUT2D eigenvalue weighted by atomic mass is 10.2. The van der Waals surface area contributed by atoms with Crippen LogP contribution < -0.4 is 4.90 Å². The van der Waals surface area contributed by atoms with Crippen LogP contribution in [0.5, 0.6) is 0 Å². The minimum atomic E-state index is -0.434. The molecule has 1 aromatic carbocycles. The van der Waals surface area contributed by atoms with Gasteiger partial charge in [0.15, 0.2) is 0 Å². The van der Waals surface area contributed by atoms with E-state index in [0.717, 1.165) is 5.56 Å². The van der Waals surface area contributed by atoms with Gasteiger partial charge in [-0.15, -0.1) is 0 Å². The summed E-state index contributed by atoms with van der Waals surface area (Å²) in [5, 5.41) is 11.6. The second-order valence-electron chi connectivity index (χ2n) is 4.09. The van der Waals surface area contributed by atoms with Crippen molar-refractivity contribution in [2.75, 3.05) is 11.9 Å². The molecular weight excluding hydrogens is 266 g/mol. The molecule has 6 heteroatoms. The first kappa shape index (κ1) is 13.3. The van der Waals surface area contributed by atoms with Gasteiger partial charge in [0, 0.05) is 30.9 Å². The summed E-state index contributed by atoms with van der Waals surface area (Å²) in [6.45, 7) is 0.498. The molecule has 0 atom stereocenters. The van der Waals surface area contributed by atoms with E-state index in [1.807, 2.05) is 18.2 Å². The summed E-state index contributed by atoms with van der Waals surface area (Å²) >= 11 is 5.91. The Labute approximate surface area is 115 Å². The Balaban J connectivity index is 2.25. The zero-order valence-electron chi connectivity index (χ0n) is 10.3. The molecule has 0 aliphatic carbocycles. The van der Waals surface area contributed by atoms with Crippen molar-refractivity contribution in [1.82, 2.24) is 4.98 Å². The summed E-state index contributed by atoms with van der Waals surface area (Å²) in [6.07, 6.45) is 1.54. The molecular formula is C13H12ClN3O2. The first-order valence-electron chi connectivity index (χ1n) is 5.63. The Bertz CT molecular complexity index is 604. The fraction of sp³-hybridized carbons (Fsp3) is 0.154. The Hall–Kier alpha value is -2.14. The summed E-state index contributed by atoms with van der Waals surface area (Å²) in [4.78, 5) is 16.3. The summed E-state index contributed by atoms with van der Waals surface area (Å²) < 4.78 is 0. The molecule has 0 amide bonds. The highest BCUT2D eigenvalue weighted by molar-refractivity contribution is 6.30. The van der Waals surface area contributed by atoms with E-state index in [9.17, 15) is 10.1 Å². The van der Waals surface area contributed by atoms with Gasteiger partial charge in [0.1, 0.15) is 0 Å². The monoisotopic (exact) mass is 277 g/mol. The Morgan fingerprint density at radius 2 is 2.16 bits per heavy atom. The van der Waals surface area contributed by atoms with Crippen molar-refractivity contribution >= 4 is 23.1 Å². The molecule has 0 saturated carbocycles. The van der Waals surface area contributed by atoms with Gasteiger partial charge >= 0.3 is 5.69 Å². The molecule has 98 valence electrons. The molecule has 0 radical (unpaired) electrons. The van der Waals surface area contributed by atoms with Crippen LogP contribution in [0.25, 0.3) is 0 Å². The van der Waals surface area contributed by atoms with Gasteiger partial charge in [0.05, 0.1) is 4.92 Å². The number of pyridine rings is 1. The number of aromatic nitrogens is 1. The van der Waals surface area contributed by atoms with E-state index in [4.69, 9.17) is 11.6 Å². The zero-order valence-corrected chi connectivity index (χ0v) is 11.0. The number of hydrogen-bond donors (Lipinski definition) is 0. The topological polar surface area (TPSA) is 59.3 Å². The molecule has 0 fully saturated rings. The SMILES string of the molecule is CN(Cc1cccc(Cl)c1)c1ncccc1[N+](=O)[O-]. The number of nitro groups is 1.